The minimum absolute atomic E-state index is 0.00741. The second-order valence-electron chi connectivity index (χ2n) is 4.75. The van der Waals surface area contributed by atoms with Crippen LogP contribution in [-0.4, -0.2) is 4.57 Å². The Hall–Kier alpha value is -2.61. The smallest absolute Gasteiger partial charge is 0.262 e. The van der Waals surface area contributed by atoms with Gasteiger partial charge in [-0.25, -0.2) is 0 Å². The molecule has 2 aromatic carbocycles. The Morgan fingerprint density at radius 2 is 1.40 bits per heavy atom. The highest BCUT2D eigenvalue weighted by atomic mass is 16.1. The van der Waals surface area contributed by atoms with Gasteiger partial charge < -0.3 is 0 Å². The molecule has 3 rings (SSSR count). The Kier molecular flexibility index (Phi) is 3.21. The summed E-state index contributed by atoms with van der Waals surface area (Å²) in [6.45, 7) is 2.02. The van der Waals surface area contributed by atoms with Crippen LogP contribution in [-0.2, 0) is 0 Å². The minimum atomic E-state index is 0.00741. The van der Waals surface area contributed by atoms with Crippen LogP contribution in [0.1, 0.15) is 5.56 Å². The van der Waals surface area contributed by atoms with Gasteiger partial charge in [-0.1, -0.05) is 42.5 Å². The molecule has 0 radical (unpaired) electrons. The fourth-order valence-electron chi connectivity index (χ4n) is 2.37. The van der Waals surface area contributed by atoms with Gasteiger partial charge in [0.2, 0.25) is 0 Å². The van der Waals surface area contributed by atoms with Crippen LogP contribution in [0.5, 0.6) is 0 Å². The van der Waals surface area contributed by atoms with E-state index in [1.165, 1.54) is 0 Å². The Labute approximate surface area is 118 Å². The van der Waals surface area contributed by atoms with Gasteiger partial charge in [-0.15, -0.1) is 0 Å². The van der Waals surface area contributed by atoms with Crippen LogP contribution in [0.25, 0.3) is 16.8 Å². The first kappa shape index (κ1) is 12.4. The Morgan fingerprint density at radius 3 is 2.15 bits per heavy atom. The molecule has 0 fully saturated rings. The summed E-state index contributed by atoms with van der Waals surface area (Å²) < 4.78 is 1.68. The number of pyridine rings is 1. The molecule has 0 amide bonds. The third kappa shape index (κ3) is 2.16. The molecule has 0 bridgehead atoms. The Balaban J connectivity index is 2.22. The zero-order valence-electron chi connectivity index (χ0n) is 11.3. The molecule has 2 nitrogen and oxygen atoms in total. The number of aromatic nitrogens is 1. The lowest BCUT2D eigenvalue weighted by Crippen LogP contribution is -2.19. The molecule has 0 unspecified atom stereocenters. The molecule has 0 aliphatic rings. The molecule has 0 aliphatic heterocycles. The van der Waals surface area contributed by atoms with Crippen LogP contribution in [0.3, 0.4) is 0 Å². The third-order valence-corrected chi connectivity index (χ3v) is 3.42. The summed E-state index contributed by atoms with van der Waals surface area (Å²) in [6.07, 6.45) is 1.80. The van der Waals surface area contributed by atoms with Gasteiger partial charge in [0, 0.05) is 17.4 Å². The largest absolute Gasteiger partial charge is 0.284 e. The maximum absolute atomic E-state index is 12.7. The molecular formula is C18H15NO. The molecule has 0 spiro atoms. The van der Waals surface area contributed by atoms with Crippen molar-refractivity contribution < 1.29 is 0 Å². The number of hydrogen-bond acceptors (Lipinski definition) is 1. The summed E-state index contributed by atoms with van der Waals surface area (Å²) in [4.78, 5) is 12.7. The van der Waals surface area contributed by atoms with Crippen molar-refractivity contribution in [3.8, 4) is 16.8 Å². The molecule has 20 heavy (non-hydrogen) atoms. The van der Waals surface area contributed by atoms with E-state index < -0.39 is 0 Å². The van der Waals surface area contributed by atoms with E-state index in [0.29, 0.717) is 0 Å². The van der Waals surface area contributed by atoms with Gasteiger partial charge in [-0.05, 0) is 42.3 Å². The average Bonchev–Trinajstić information content (AvgIpc) is 2.49. The lowest BCUT2D eigenvalue weighted by molar-refractivity contribution is 0.993. The molecule has 0 saturated carbocycles. The summed E-state index contributed by atoms with van der Waals surface area (Å²) in [6, 6.07) is 21.4. The first-order valence-corrected chi connectivity index (χ1v) is 6.60. The highest BCUT2D eigenvalue weighted by molar-refractivity contribution is 5.66. The van der Waals surface area contributed by atoms with E-state index >= 15 is 0 Å². The van der Waals surface area contributed by atoms with Gasteiger partial charge in [-0.2, -0.15) is 0 Å². The number of rotatable bonds is 2. The van der Waals surface area contributed by atoms with E-state index in [1.54, 1.807) is 10.8 Å². The molecule has 1 heterocycles. The Morgan fingerprint density at radius 1 is 0.750 bits per heavy atom. The van der Waals surface area contributed by atoms with E-state index in [1.807, 2.05) is 73.7 Å². The number of aryl methyl sites for hydroxylation is 1. The normalized spacial score (nSPS) is 10.4. The summed E-state index contributed by atoms with van der Waals surface area (Å²) >= 11 is 0. The molecule has 98 valence electrons. The summed E-state index contributed by atoms with van der Waals surface area (Å²) in [5.74, 6) is 0. The number of para-hydroxylation sites is 1. The van der Waals surface area contributed by atoms with Gasteiger partial charge in [0.1, 0.15) is 0 Å². The van der Waals surface area contributed by atoms with Gasteiger partial charge in [0.15, 0.2) is 0 Å². The molecular weight excluding hydrogens is 246 g/mol. The molecule has 0 saturated heterocycles. The van der Waals surface area contributed by atoms with Crippen molar-refractivity contribution in [2.24, 2.45) is 0 Å². The van der Waals surface area contributed by atoms with E-state index in [-0.39, 0.29) is 5.56 Å². The van der Waals surface area contributed by atoms with Crippen molar-refractivity contribution in [3.63, 3.8) is 0 Å². The first-order valence-electron chi connectivity index (χ1n) is 6.60. The van der Waals surface area contributed by atoms with Crippen LogP contribution < -0.4 is 5.56 Å². The first-order chi connectivity index (χ1) is 9.77. The monoisotopic (exact) mass is 261 g/mol. The van der Waals surface area contributed by atoms with E-state index in [9.17, 15) is 4.79 Å². The van der Waals surface area contributed by atoms with Crippen molar-refractivity contribution in [3.05, 3.63) is 88.8 Å². The van der Waals surface area contributed by atoms with Crippen LogP contribution in [0.15, 0.2) is 77.7 Å². The quantitative estimate of drug-likeness (QED) is 0.687. The molecule has 0 aliphatic carbocycles. The molecule has 2 heteroatoms. The zero-order valence-corrected chi connectivity index (χ0v) is 11.3. The van der Waals surface area contributed by atoms with Crippen LogP contribution >= 0.6 is 0 Å². The predicted octanol–water partition coefficient (Wildman–Crippen LogP) is 3.81. The second kappa shape index (κ2) is 5.17. The van der Waals surface area contributed by atoms with E-state index in [2.05, 4.69) is 0 Å². The molecule has 0 N–H and O–H groups in total. The van der Waals surface area contributed by atoms with Crippen molar-refractivity contribution in [2.75, 3.05) is 0 Å². The highest BCUT2D eigenvalue weighted by Crippen LogP contribution is 2.20. The predicted molar refractivity (Wildman–Crippen MR) is 82.2 cm³/mol. The minimum Gasteiger partial charge on any atom is -0.284 e. The topological polar surface area (TPSA) is 22.0 Å². The standard InChI is InChI=1S/C18H15NO/c1-14-8-5-6-11-16(14)17-12-7-13-19(18(17)20)15-9-3-2-4-10-15/h2-13H,1H3. The molecule has 1 aromatic heterocycles. The van der Waals surface area contributed by atoms with Crippen molar-refractivity contribution in [1.29, 1.82) is 0 Å². The zero-order chi connectivity index (χ0) is 13.9. The fourth-order valence-corrected chi connectivity index (χ4v) is 2.37. The van der Waals surface area contributed by atoms with Gasteiger partial charge in [-0.3, -0.25) is 9.36 Å². The van der Waals surface area contributed by atoms with Gasteiger partial charge in [0.25, 0.3) is 5.56 Å². The lowest BCUT2D eigenvalue weighted by Gasteiger charge is -2.09. The maximum atomic E-state index is 12.7. The lowest BCUT2D eigenvalue weighted by atomic mass is 10.0. The van der Waals surface area contributed by atoms with Crippen molar-refractivity contribution in [1.82, 2.24) is 4.57 Å². The van der Waals surface area contributed by atoms with Crippen LogP contribution in [0.4, 0.5) is 0 Å². The van der Waals surface area contributed by atoms with Crippen molar-refractivity contribution >= 4 is 0 Å². The fraction of sp³-hybridized carbons (Fsp3) is 0.0556. The highest BCUT2D eigenvalue weighted by Gasteiger charge is 2.08. The number of hydrogen-bond donors (Lipinski definition) is 0. The van der Waals surface area contributed by atoms with E-state index in [0.717, 1.165) is 22.4 Å². The average molecular weight is 261 g/mol. The SMILES string of the molecule is Cc1ccccc1-c1cccn(-c2ccccc2)c1=O. The van der Waals surface area contributed by atoms with E-state index in [4.69, 9.17) is 0 Å². The van der Waals surface area contributed by atoms with Gasteiger partial charge >= 0.3 is 0 Å². The molecule has 3 aromatic rings. The second-order valence-corrected chi connectivity index (χ2v) is 4.75. The summed E-state index contributed by atoms with van der Waals surface area (Å²) in [5.41, 5.74) is 3.72. The Bertz CT molecular complexity index is 788. The maximum Gasteiger partial charge on any atom is 0.262 e. The molecule has 0 atom stereocenters. The summed E-state index contributed by atoms with van der Waals surface area (Å²) in [7, 11) is 0. The van der Waals surface area contributed by atoms with Gasteiger partial charge in [0.05, 0.1) is 0 Å². The van der Waals surface area contributed by atoms with Crippen LogP contribution in [0, 0.1) is 6.92 Å². The van der Waals surface area contributed by atoms with Crippen LogP contribution in [0.2, 0.25) is 0 Å². The number of nitrogens with zero attached hydrogens (tertiary/aromatic N) is 1. The number of benzene rings is 2. The summed E-state index contributed by atoms with van der Waals surface area (Å²) in [5, 5.41) is 0. The van der Waals surface area contributed by atoms with Crippen molar-refractivity contribution in [2.45, 2.75) is 6.92 Å². The third-order valence-electron chi connectivity index (χ3n) is 3.42.